The van der Waals surface area contributed by atoms with Crippen molar-refractivity contribution in [1.82, 2.24) is 0 Å². The molecule has 2 rings (SSSR count). The first kappa shape index (κ1) is 18.3. The van der Waals surface area contributed by atoms with Gasteiger partial charge in [-0.2, -0.15) is 0 Å². The lowest BCUT2D eigenvalue weighted by Crippen LogP contribution is -2.23. The molecule has 126 valence electrons. The maximum Gasteiger partial charge on any atom is 0.344 e. The highest BCUT2D eigenvalue weighted by Gasteiger charge is 2.10. The van der Waals surface area contributed by atoms with Gasteiger partial charge in [0.15, 0.2) is 13.2 Å². The quantitative estimate of drug-likeness (QED) is 0.729. The van der Waals surface area contributed by atoms with Gasteiger partial charge in [0.05, 0.1) is 4.47 Å². The first-order chi connectivity index (χ1) is 11.4. The van der Waals surface area contributed by atoms with Gasteiger partial charge in [-0.25, -0.2) is 4.79 Å². The second-order valence-electron chi connectivity index (χ2n) is 4.94. The molecule has 2 aromatic rings. The molecule has 24 heavy (non-hydrogen) atoms. The van der Waals surface area contributed by atoms with E-state index in [1.165, 1.54) is 0 Å². The minimum Gasteiger partial charge on any atom is -0.481 e. The number of rotatable bonds is 6. The van der Waals surface area contributed by atoms with Gasteiger partial charge >= 0.3 is 5.97 Å². The van der Waals surface area contributed by atoms with Crippen LogP contribution in [0.25, 0.3) is 0 Å². The number of halogens is 2. The maximum absolute atomic E-state index is 11.7. The lowest BCUT2D eigenvalue weighted by Gasteiger charge is -2.09. The van der Waals surface area contributed by atoms with Crippen LogP contribution in [0.3, 0.4) is 0 Å². The van der Waals surface area contributed by atoms with Crippen molar-refractivity contribution in [2.24, 2.45) is 0 Å². The normalized spacial score (nSPS) is 10.1. The average Bonchev–Trinajstić information content (AvgIpc) is 2.52. The minimum atomic E-state index is -0.642. The van der Waals surface area contributed by atoms with Gasteiger partial charge in [0, 0.05) is 10.7 Å². The number of carbonyl (C=O) groups is 2. The van der Waals surface area contributed by atoms with Gasteiger partial charge in [0.25, 0.3) is 5.91 Å². The summed E-state index contributed by atoms with van der Waals surface area (Å²) in [6.45, 7) is 1.23. The number of aryl methyl sites for hydroxylation is 1. The van der Waals surface area contributed by atoms with E-state index < -0.39 is 11.9 Å². The Hall–Kier alpha value is -2.05. The minimum absolute atomic E-state index is 0.308. The largest absolute Gasteiger partial charge is 0.481 e. The number of carbonyl (C=O) groups excluding carboxylic acids is 2. The molecule has 0 radical (unpaired) electrons. The van der Waals surface area contributed by atoms with E-state index in [9.17, 15) is 9.59 Å². The van der Waals surface area contributed by atoms with E-state index in [0.717, 1.165) is 5.56 Å². The van der Waals surface area contributed by atoms with Crippen LogP contribution in [0.5, 0.6) is 5.75 Å². The van der Waals surface area contributed by atoms with Crippen LogP contribution in [0, 0.1) is 6.92 Å². The molecule has 0 aromatic heterocycles. The summed E-state index contributed by atoms with van der Waals surface area (Å²) >= 11 is 9.10. The number of anilines is 1. The molecule has 0 atom stereocenters. The molecule has 1 N–H and O–H groups in total. The summed E-state index contributed by atoms with van der Waals surface area (Å²) in [6.07, 6.45) is 0. The molecule has 0 aliphatic rings. The Labute approximate surface area is 153 Å². The van der Waals surface area contributed by atoms with E-state index in [1.54, 1.807) is 24.3 Å². The summed E-state index contributed by atoms with van der Waals surface area (Å²) in [6, 6.07) is 12.2. The van der Waals surface area contributed by atoms with E-state index in [-0.39, 0.29) is 13.2 Å². The maximum atomic E-state index is 11.7. The Morgan fingerprint density at radius 3 is 2.67 bits per heavy atom. The molecular weight excluding hydrogens is 398 g/mol. The standard InChI is InChI=1S/C17H15BrClNO4/c1-11-3-2-4-13(7-11)20-16(21)9-24-17(22)10-23-15-6-5-12(19)8-14(15)18/h2-8H,9-10H2,1H3,(H,20,21). The van der Waals surface area contributed by atoms with Crippen LogP contribution in [-0.4, -0.2) is 25.1 Å². The fraction of sp³-hybridized carbons (Fsp3) is 0.176. The molecule has 7 heteroatoms. The third-order valence-electron chi connectivity index (χ3n) is 2.91. The van der Waals surface area contributed by atoms with Gasteiger partial charge in [-0.1, -0.05) is 23.7 Å². The molecule has 2 aromatic carbocycles. The zero-order valence-corrected chi connectivity index (χ0v) is 15.2. The first-order valence-electron chi connectivity index (χ1n) is 7.04. The molecule has 0 spiro atoms. The van der Waals surface area contributed by atoms with Crippen molar-refractivity contribution in [3.63, 3.8) is 0 Å². The van der Waals surface area contributed by atoms with E-state index in [1.807, 2.05) is 25.1 Å². The zero-order chi connectivity index (χ0) is 17.5. The molecule has 0 heterocycles. The van der Waals surface area contributed by atoms with Crippen molar-refractivity contribution in [3.8, 4) is 5.75 Å². The molecule has 0 bridgehead atoms. The van der Waals surface area contributed by atoms with Gasteiger partial charge in [-0.15, -0.1) is 0 Å². The molecule has 0 aliphatic carbocycles. The third-order valence-corrected chi connectivity index (χ3v) is 3.76. The Morgan fingerprint density at radius 2 is 1.96 bits per heavy atom. The number of amides is 1. The van der Waals surface area contributed by atoms with E-state index >= 15 is 0 Å². The Bertz CT molecular complexity index is 751. The van der Waals surface area contributed by atoms with Gasteiger partial charge < -0.3 is 14.8 Å². The summed E-state index contributed by atoms with van der Waals surface area (Å²) in [4.78, 5) is 23.4. The van der Waals surface area contributed by atoms with Crippen molar-refractivity contribution in [2.75, 3.05) is 18.5 Å². The summed E-state index contributed by atoms with van der Waals surface area (Å²) < 4.78 is 10.8. The predicted octanol–water partition coefficient (Wildman–Crippen LogP) is 3.97. The van der Waals surface area contributed by atoms with Crippen molar-refractivity contribution in [1.29, 1.82) is 0 Å². The SMILES string of the molecule is Cc1cccc(NC(=O)COC(=O)COc2ccc(Cl)cc2Br)c1. The van der Waals surface area contributed by atoms with Crippen LogP contribution in [-0.2, 0) is 14.3 Å². The highest BCUT2D eigenvalue weighted by molar-refractivity contribution is 9.10. The third kappa shape index (κ3) is 5.86. The number of benzene rings is 2. The summed E-state index contributed by atoms with van der Waals surface area (Å²) in [7, 11) is 0. The highest BCUT2D eigenvalue weighted by Crippen LogP contribution is 2.27. The number of nitrogens with one attached hydrogen (secondary N) is 1. The lowest BCUT2D eigenvalue weighted by molar-refractivity contribution is -0.149. The lowest BCUT2D eigenvalue weighted by atomic mass is 10.2. The second kappa shape index (κ2) is 8.70. The zero-order valence-electron chi connectivity index (χ0n) is 12.8. The van der Waals surface area contributed by atoms with Crippen molar-refractivity contribution < 1.29 is 19.1 Å². The fourth-order valence-corrected chi connectivity index (χ4v) is 2.63. The van der Waals surface area contributed by atoms with Gasteiger partial charge in [-0.05, 0) is 58.7 Å². The number of ether oxygens (including phenoxy) is 2. The van der Waals surface area contributed by atoms with E-state index in [2.05, 4.69) is 21.2 Å². The monoisotopic (exact) mass is 411 g/mol. The van der Waals surface area contributed by atoms with Gasteiger partial charge in [-0.3, -0.25) is 4.79 Å². The predicted molar refractivity (Wildman–Crippen MR) is 95.4 cm³/mol. The fourth-order valence-electron chi connectivity index (χ4n) is 1.84. The molecule has 1 amide bonds. The number of hydrogen-bond acceptors (Lipinski definition) is 4. The van der Waals surface area contributed by atoms with Gasteiger partial charge in [0.2, 0.25) is 0 Å². The number of hydrogen-bond donors (Lipinski definition) is 1. The van der Waals surface area contributed by atoms with Crippen LogP contribution in [0.4, 0.5) is 5.69 Å². The van der Waals surface area contributed by atoms with E-state index in [4.69, 9.17) is 21.1 Å². The Balaban J connectivity index is 1.75. The summed E-state index contributed by atoms with van der Waals surface area (Å²) in [5.41, 5.74) is 1.67. The van der Waals surface area contributed by atoms with Gasteiger partial charge in [0.1, 0.15) is 5.75 Å². The molecule has 0 fully saturated rings. The van der Waals surface area contributed by atoms with Crippen molar-refractivity contribution >= 4 is 45.1 Å². The first-order valence-corrected chi connectivity index (χ1v) is 8.21. The molecule has 0 aliphatic heterocycles. The number of esters is 1. The highest BCUT2D eigenvalue weighted by atomic mass is 79.9. The van der Waals surface area contributed by atoms with Crippen LogP contribution >= 0.6 is 27.5 Å². The molecule has 0 unspecified atom stereocenters. The van der Waals surface area contributed by atoms with Crippen LogP contribution < -0.4 is 10.1 Å². The van der Waals surface area contributed by atoms with E-state index in [0.29, 0.717) is 20.9 Å². The summed E-state index contributed by atoms with van der Waals surface area (Å²) in [5.74, 6) is -0.599. The summed E-state index contributed by atoms with van der Waals surface area (Å²) in [5, 5.41) is 3.19. The average molecular weight is 413 g/mol. The Morgan fingerprint density at radius 1 is 1.17 bits per heavy atom. The molecule has 0 saturated heterocycles. The molecular formula is C17H15BrClNO4. The Kier molecular flexibility index (Phi) is 6.63. The molecule has 5 nitrogen and oxygen atoms in total. The molecule has 0 saturated carbocycles. The van der Waals surface area contributed by atoms with Crippen LogP contribution in [0.1, 0.15) is 5.56 Å². The van der Waals surface area contributed by atoms with Crippen LogP contribution in [0.15, 0.2) is 46.9 Å². The smallest absolute Gasteiger partial charge is 0.344 e. The second-order valence-corrected chi connectivity index (χ2v) is 6.23. The van der Waals surface area contributed by atoms with Crippen molar-refractivity contribution in [3.05, 3.63) is 57.5 Å². The van der Waals surface area contributed by atoms with Crippen molar-refractivity contribution in [2.45, 2.75) is 6.92 Å². The topological polar surface area (TPSA) is 64.6 Å². The van der Waals surface area contributed by atoms with Crippen LogP contribution in [0.2, 0.25) is 5.02 Å².